The average molecular weight is 211 g/mol. The molecule has 0 aromatic carbocycles. The molecule has 0 aromatic rings. The minimum atomic E-state index is -0.0885. The van der Waals surface area contributed by atoms with E-state index in [1.807, 2.05) is 0 Å². The summed E-state index contributed by atoms with van der Waals surface area (Å²) in [7, 11) is 0. The van der Waals surface area contributed by atoms with Crippen molar-refractivity contribution >= 4 is 0 Å². The molecule has 0 aliphatic heterocycles. The monoisotopic (exact) mass is 211 g/mol. The van der Waals surface area contributed by atoms with Gasteiger partial charge in [-0.25, -0.2) is 0 Å². The van der Waals surface area contributed by atoms with Crippen LogP contribution in [0.2, 0.25) is 0 Å². The molecule has 0 radical (unpaired) electrons. The van der Waals surface area contributed by atoms with Gasteiger partial charge >= 0.3 is 0 Å². The molecular formula is C13H25NO. The summed E-state index contributed by atoms with van der Waals surface area (Å²) in [5.41, 5.74) is 0. The van der Waals surface area contributed by atoms with Crippen molar-refractivity contribution < 1.29 is 5.11 Å². The molecule has 0 amide bonds. The van der Waals surface area contributed by atoms with E-state index in [9.17, 15) is 5.11 Å². The first-order chi connectivity index (χ1) is 7.36. The van der Waals surface area contributed by atoms with Crippen LogP contribution in [0.1, 0.15) is 64.2 Å². The van der Waals surface area contributed by atoms with Gasteiger partial charge in [-0.05, 0) is 25.7 Å². The Labute approximate surface area is 93.5 Å². The van der Waals surface area contributed by atoms with Crippen molar-refractivity contribution in [3.63, 3.8) is 0 Å². The SMILES string of the molecule is OC1CCCCCC1NC1CCCCC1. The highest BCUT2D eigenvalue weighted by atomic mass is 16.3. The number of nitrogens with one attached hydrogen (secondary N) is 1. The molecule has 2 aliphatic rings. The van der Waals surface area contributed by atoms with Crippen molar-refractivity contribution in [3.8, 4) is 0 Å². The van der Waals surface area contributed by atoms with Gasteiger partial charge in [-0.2, -0.15) is 0 Å². The summed E-state index contributed by atoms with van der Waals surface area (Å²) in [5.74, 6) is 0. The highest BCUT2D eigenvalue weighted by molar-refractivity contribution is 4.83. The Balaban J connectivity index is 1.79. The largest absolute Gasteiger partial charge is 0.392 e. The maximum absolute atomic E-state index is 10.0. The molecule has 2 N–H and O–H groups in total. The van der Waals surface area contributed by atoms with Gasteiger partial charge in [0, 0.05) is 12.1 Å². The van der Waals surface area contributed by atoms with Crippen LogP contribution in [0.25, 0.3) is 0 Å². The van der Waals surface area contributed by atoms with Gasteiger partial charge in [0.25, 0.3) is 0 Å². The standard InChI is InChI=1S/C13H25NO/c15-13-10-6-2-5-9-12(13)14-11-7-3-1-4-8-11/h11-15H,1-10H2. The van der Waals surface area contributed by atoms with E-state index in [0.29, 0.717) is 12.1 Å². The van der Waals surface area contributed by atoms with Crippen LogP contribution in [-0.4, -0.2) is 23.3 Å². The lowest BCUT2D eigenvalue weighted by molar-refractivity contribution is 0.109. The molecule has 2 saturated carbocycles. The highest BCUT2D eigenvalue weighted by Gasteiger charge is 2.24. The molecule has 0 bridgehead atoms. The molecule has 2 rings (SSSR count). The molecule has 2 nitrogen and oxygen atoms in total. The van der Waals surface area contributed by atoms with Crippen LogP contribution in [-0.2, 0) is 0 Å². The minimum Gasteiger partial charge on any atom is -0.392 e. The number of hydrogen-bond acceptors (Lipinski definition) is 2. The van der Waals surface area contributed by atoms with Crippen LogP contribution in [0.3, 0.4) is 0 Å². The Morgan fingerprint density at radius 3 is 2.07 bits per heavy atom. The van der Waals surface area contributed by atoms with E-state index in [1.54, 1.807) is 0 Å². The van der Waals surface area contributed by atoms with Crippen LogP contribution in [0.15, 0.2) is 0 Å². The molecule has 2 heteroatoms. The molecule has 15 heavy (non-hydrogen) atoms. The van der Waals surface area contributed by atoms with E-state index in [1.165, 1.54) is 57.8 Å². The summed E-state index contributed by atoms with van der Waals surface area (Å²) in [6.45, 7) is 0. The Hall–Kier alpha value is -0.0800. The zero-order valence-electron chi connectivity index (χ0n) is 9.75. The van der Waals surface area contributed by atoms with Crippen molar-refractivity contribution in [3.05, 3.63) is 0 Å². The van der Waals surface area contributed by atoms with Gasteiger partial charge in [0.1, 0.15) is 0 Å². The first-order valence-electron chi connectivity index (χ1n) is 6.80. The topological polar surface area (TPSA) is 32.3 Å². The smallest absolute Gasteiger partial charge is 0.0693 e. The zero-order valence-corrected chi connectivity index (χ0v) is 9.75. The van der Waals surface area contributed by atoms with Gasteiger partial charge in [0.05, 0.1) is 6.10 Å². The van der Waals surface area contributed by atoms with E-state index in [0.717, 1.165) is 6.42 Å². The van der Waals surface area contributed by atoms with Crippen LogP contribution < -0.4 is 5.32 Å². The summed E-state index contributed by atoms with van der Waals surface area (Å²) in [4.78, 5) is 0. The summed E-state index contributed by atoms with van der Waals surface area (Å²) >= 11 is 0. The second kappa shape index (κ2) is 5.86. The van der Waals surface area contributed by atoms with E-state index in [-0.39, 0.29) is 6.10 Å². The normalized spacial score (nSPS) is 35.0. The van der Waals surface area contributed by atoms with Crippen LogP contribution >= 0.6 is 0 Å². The van der Waals surface area contributed by atoms with Crippen molar-refractivity contribution in [2.24, 2.45) is 0 Å². The second-order valence-electron chi connectivity index (χ2n) is 5.31. The molecule has 2 fully saturated rings. The van der Waals surface area contributed by atoms with Crippen molar-refractivity contribution in [1.82, 2.24) is 5.32 Å². The van der Waals surface area contributed by atoms with Crippen LogP contribution in [0.5, 0.6) is 0 Å². The Morgan fingerprint density at radius 2 is 1.33 bits per heavy atom. The maximum atomic E-state index is 10.0. The van der Waals surface area contributed by atoms with Gasteiger partial charge in [-0.1, -0.05) is 38.5 Å². The number of aliphatic hydroxyl groups is 1. The van der Waals surface area contributed by atoms with E-state index in [4.69, 9.17) is 0 Å². The van der Waals surface area contributed by atoms with E-state index in [2.05, 4.69) is 5.32 Å². The van der Waals surface area contributed by atoms with Gasteiger partial charge in [-0.3, -0.25) is 0 Å². The van der Waals surface area contributed by atoms with Gasteiger partial charge in [-0.15, -0.1) is 0 Å². The molecule has 0 aromatic heterocycles. The Morgan fingerprint density at radius 1 is 0.733 bits per heavy atom. The average Bonchev–Trinajstić information content (AvgIpc) is 2.46. The lowest BCUT2D eigenvalue weighted by atomic mass is 9.93. The molecule has 2 atom stereocenters. The summed E-state index contributed by atoms with van der Waals surface area (Å²) in [6.07, 6.45) is 12.7. The van der Waals surface area contributed by atoms with E-state index < -0.39 is 0 Å². The summed E-state index contributed by atoms with van der Waals surface area (Å²) in [5, 5.41) is 13.7. The fourth-order valence-corrected chi connectivity index (χ4v) is 3.05. The molecule has 0 saturated heterocycles. The van der Waals surface area contributed by atoms with Gasteiger partial charge < -0.3 is 10.4 Å². The molecule has 0 spiro atoms. The zero-order chi connectivity index (χ0) is 10.5. The molecule has 88 valence electrons. The maximum Gasteiger partial charge on any atom is 0.0693 e. The van der Waals surface area contributed by atoms with Crippen molar-refractivity contribution in [2.45, 2.75) is 82.4 Å². The first kappa shape index (κ1) is 11.4. The fourth-order valence-electron chi connectivity index (χ4n) is 3.05. The number of aliphatic hydroxyl groups excluding tert-OH is 1. The quantitative estimate of drug-likeness (QED) is 0.688. The van der Waals surface area contributed by atoms with Gasteiger partial charge in [0.15, 0.2) is 0 Å². The first-order valence-corrected chi connectivity index (χ1v) is 6.80. The van der Waals surface area contributed by atoms with E-state index >= 15 is 0 Å². The fraction of sp³-hybridized carbons (Fsp3) is 1.00. The molecule has 2 aliphatic carbocycles. The molecular weight excluding hydrogens is 186 g/mol. The third kappa shape index (κ3) is 3.46. The molecule has 2 unspecified atom stereocenters. The summed E-state index contributed by atoms with van der Waals surface area (Å²) in [6, 6.07) is 1.08. The number of hydrogen-bond donors (Lipinski definition) is 2. The van der Waals surface area contributed by atoms with Crippen molar-refractivity contribution in [2.75, 3.05) is 0 Å². The third-order valence-corrected chi connectivity index (χ3v) is 4.03. The Kier molecular flexibility index (Phi) is 4.45. The lowest BCUT2D eigenvalue weighted by Gasteiger charge is -2.30. The minimum absolute atomic E-state index is 0.0885. The molecule has 0 heterocycles. The van der Waals surface area contributed by atoms with Crippen LogP contribution in [0, 0.1) is 0 Å². The van der Waals surface area contributed by atoms with Gasteiger partial charge in [0.2, 0.25) is 0 Å². The predicted molar refractivity (Wildman–Crippen MR) is 62.9 cm³/mol. The summed E-state index contributed by atoms with van der Waals surface area (Å²) < 4.78 is 0. The predicted octanol–water partition coefficient (Wildman–Crippen LogP) is 2.60. The second-order valence-corrected chi connectivity index (χ2v) is 5.31. The van der Waals surface area contributed by atoms with Crippen LogP contribution in [0.4, 0.5) is 0 Å². The lowest BCUT2D eigenvalue weighted by Crippen LogP contribution is -2.45. The Bertz CT molecular complexity index is 177. The third-order valence-electron chi connectivity index (χ3n) is 4.03. The number of rotatable bonds is 2. The van der Waals surface area contributed by atoms with Crippen molar-refractivity contribution in [1.29, 1.82) is 0 Å². The highest BCUT2D eigenvalue weighted by Crippen LogP contribution is 2.22.